The summed E-state index contributed by atoms with van der Waals surface area (Å²) in [4.78, 5) is 44.2. The third-order valence-corrected chi connectivity index (χ3v) is 13.6. The molecule has 1 N–H and O–H groups in total. The molecule has 426 valence electrons. The van der Waals surface area contributed by atoms with E-state index in [-0.39, 0.29) is 28.6 Å². The highest BCUT2D eigenvalue weighted by atomic mass is 79.9. The highest BCUT2D eigenvalue weighted by Crippen LogP contribution is 2.27. The molecule has 0 unspecified atom stereocenters. The lowest BCUT2D eigenvalue weighted by molar-refractivity contribution is 0.00398. The van der Waals surface area contributed by atoms with Gasteiger partial charge < -0.3 is 34.0 Å². The van der Waals surface area contributed by atoms with Crippen molar-refractivity contribution in [2.45, 2.75) is 96.1 Å². The summed E-state index contributed by atoms with van der Waals surface area (Å²) in [6.45, 7) is 7.84. The van der Waals surface area contributed by atoms with Gasteiger partial charge in [-0.15, -0.1) is 0 Å². The fourth-order valence-electron chi connectivity index (χ4n) is 8.89. The van der Waals surface area contributed by atoms with Crippen LogP contribution in [0.25, 0.3) is 0 Å². The predicted molar refractivity (Wildman–Crippen MR) is 306 cm³/mol. The summed E-state index contributed by atoms with van der Waals surface area (Å²) in [5.74, 6) is 2.52. The van der Waals surface area contributed by atoms with E-state index in [2.05, 4.69) is 80.6 Å². The topological polar surface area (TPSA) is 191 Å². The largest absolute Gasteiger partial charge is 0.505 e. The molecule has 0 bridgehead atoms. The van der Waals surface area contributed by atoms with Crippen LogP contribution in [0.15, 0.2) is 133 Å². The molecule has 4 aliphatic rings. The highest BCUT2D eigenvalue weighted by molar-refractivity contribution is 9.10. The number of ether oxygens (including phenoxy) is 3. The average molecular weight is 1190 g/mol. The van der Waals surface area contributed by atoms with Crippen molar-refractivity contribution >= 4 is 45.4 Å². The highest BCUT2D eigenvalue weighted by Gasteiger charge is 2.18. The SMILES string of the molecule is Brc1cnc(N2CCCCC2)nc1.Clc1ncnc(Cc2cnn(C[C@@H]3CCCCO3)c2)n1.Fc1ccccc1Oc1cnc(N2CCCCC2)nc1.Fc1ccccc1Oc1cnc(N2CCCCC2)nc1.Oc1ccccc1F. The first-order chi connectivity index (χ1) is 39.6. The monoisotopic (exact) mass is 1190 g/mol. The molecule has 4 aliphatic heterocycles. The standard InChI is InChI=1S/2C15H16FN3O.C13H16ClN5O.C9H12BrN3.C6H5FO/c2*16-13-6-2-3-7-14(13)20-12-10-17-15(18-11-12)19-8-4-1-5-9-19;14-13-16-9-15-12(18-13)5-10-6-17-19(7-10)8-11-3-1-2-4-20-11;10-8-6-11-9(12-7-8)13-4-2-1-3-5-13;7-5-3-1-2-4-6(5)8/h2*2-3,6-7,10-11H,1,4-5,8-9H2;6-7,9,11H,1-5,8H2;6-7H,1-5H2;1-4,8H/t;;11-;;/m..0../s1. The smallest absolute Gasteiger partial charge is 0.225 e. The van der Waals surface area contributed by atoms with Gasteiger partial charge in [0.25, 0.3) is 0 Å². The zero-order valence-corrected chi connectivity index (χ0v) is 47.2. The van der Waals surface area contributed by atoms with E-state index in [0.717, 1.165) is 74.8 Å². The van der Waals surface area contributed by atoms with Gasteiger partial charge in [-0.25, -0.2) is 58.0 Å². The second kappa shape index (κ2) is 32.0. The molecule has 8 aromatic rings. The van der Waals surface area contributed by atoms with E-state index < -0.39 is 17.5 Å². The van der Waals surface area contributed by atoms with Gasteiger partial charge in [-0.1, -0.05) is 36.4 Å². The molecule has 4 saturated heterocycles. The minimum absolute atomic E-state index is 0.182. The molecule has 9 heterocycles. The number of nitrogens with zero attached hydrogens (tertiary/aromatic N) is 14. The van der Waals surface area contributed by atoms with Gasteiger partial charge in [0.2, 0.25) is 23.1 Å². The summed E-state index contributed by atoms with van der Waals surface area (Å²) in [7, 11) is 0. The first-order valence-electron chi connectivity index (χ1n) is 27.2. The van der Waals surface area contributed by atoms with Gasteiger partial charge in [-0.3, -0.25) is 4.68 Å². The summed E-state index contributed by atoms with van der Waals surface area (Å²) in [5.41, 5.74) is 1.06. The third kappa shape index (κ3) is 19.9. The Kier molecular flexibility index (Phi) is 23.5. The lowest BCUT2D eigenvalue weighted by Crippen LogP contribution is -2.30. The van der Waals surface area contributed by atoms with E-state index in [4.69, 9.17) is 30.9 Å². The molecule has 12 rings (SSSR count). The van der Waals surface area contributed by atoms with Gasteiger partial charge in [0.15, 0.2) is 46.2 Å². The Balaban J connectivity index is 0.000000137. The van der Waals surface area contributed by atoms with Crippen LogP contribution in [0.1, 0.15) is 88.4 Å². The molecule has 0 saturated carbocycles. The lowest BCUT2D eigenvalue weighted by atomic mass is 10.1. The normalized spacial score (nSPS) is 15.9. The molecule has 23 heteroatoms. The summed E-state index contributed by atoms with van der Waals surface area (Å²) < 4.78 is 58.5. The first kappa shape index (κ1) is 59.6. The van der Waals surface area contributed by atoms with E-state index in [1.54, 1.807) is 79.6 Å². The van der Waals surface area contributed by atoms with Crippen LogP contribution >= 0.6 is 27.5 Å². The van der Waals surface area contributed by atoms with Crippen molar-refractivity contribution in [3.63, 3.8) is 0 Å². The molecule has 1 atom stereocenters. The van der Waals surface area contributed by atoms with Crippen LogP contribution in [0.2, 0.25) is 5.28 Å². The van der Waals surface area contributed by atoms with Crippen LogP contribution in [-0.4, -0.2) is 112 Å². The summed E-state index contributed by atoms with van der Waals surface area (Å²) in [6, 6.07) is 18.2. The van der Waals surface area contributed by atoms with Crippen LogP contribution in [0, 0.1) is 17.5 Å². The van der Waals surface area contributed by atoms with Crippen molar-refractivity contribution in [1.82, 2.24) is 54.6 Å². The molecule has 81 heavy (non-hydrogen) atoms. The van der Waals surface area contributed by atoms with Crippen molar-refractivity contribution in [1.29, 1.82) is 0 Å². The zero-order valence-electron chi connectivity index (χ0n) is 44.9. The second-order valence-corrected chi connectivity index (χ2v) is 20.5. The van der Waals surface area contributed by atoms with Crippen molar-refractivity contribution in [2.24, 2.45) is 0 Å². The number of halogens is 5. The Labute approximate surface area is 483 Å². The Bertz CT molecular complexity index is 2970. The molecule has 3 aromatic carbocycles. The molecule has 0 amide bonds. The Hall–Kier alpha value is -7.56. The van der Waals surface area contributed by atoms with Crippen molar-refractivity contribution < 1.29 is 32.5 Å². The fraction of sp³-hybridized carbons (Fsp3) is 0.379. The molecular formula is C58H65BrClF3N14O4. The second-order valence-electron chi connectivity index (χ2n) is 19.2. The van der Waals surface area contributed by atoms with E-state index >= 15 is 0 Å². The summed E-state index contributed by atoms with van der Waals surface area (Å²) >= 11 is 9.07. The van der Waals surface area contributed by atoms with Gasteiger partial charge in [-0.05, 0) is 147 Å². The van der Waals surface area contributed by atoms with Crippen LogP contribution in [0.4, 0.5) is 31.0 Å². The van der Waals surface area contributed by atoms with E-state index in [9.17, 15) is 13.2 Å². The van der Waals surface area contributed by atoms with E-state index in [0.29, 0.717) is 35.6 Å². The third-order valence-electron chi connectivity index (χ3n) is 13.0. The summed E-state index contributed by atoms with van der Waals surface area (Å²) in [5, 5.41) is 13.1. The maximum Gasteiger partial charge on any atom is 0.225 e. The number of phenols is 1. The van der Waals surface area contributed by atoms with E-state index in [1.807, 2.05) is 17.1 Å². The number of aromatic hydroxyl groups is 1. The van der Waals surface area contributed by atoms with Crippen LogP contribution in [0.5, 0.6) is 28.7 Å². The quantitative estimate of drug-likeness (QED) is 0.128. The average Bonchev–Trinajstić information content (AvgIpc) is 3.96. The molecule has 0 spiro atoms. The predicted octanol–water partition coefficient (Wildman–Crippen LogP) is 12.4. The Morgan fingerprint density at radius 2 is 1.02 bits per heavy atom. The van der Waals surface area contributed by atoms with Gasteiger partial charge in [-0.2, -0.15) is 5.10 Å². The number of rotatable bonds is 11. The molecular weight excluding hydrogens is 1130 g/mol. The van der Waals surface area contributed by atoms with Crippen molar-refractivity contribution in [3.05, 3.63) is 167 Å². The molecule has 5 aromatic heterocycles. The number of para-hydroxylation sites is 3. The Morgan fingerprint density at radius 1 is 0.556 bits per heavy atom. The van der Waals surface area contributed by atoms with Crippen molar-refractivity contribution in [3.8, 4) is 28.7 Å². The first-order valence-corrected chi connectivity index (χ1v) is 28.4. The van der Waals surface area contributed by atoms with Crippen LogP contribution in [0.3, 0.4) is 0 Å². The summed E-state index contributed by atoms with van der Waals surface area (Å²) in [6.07, 6.45) is 30.7. The van der Waals surface area contributed by atoms with Gasteiger partial charge >= 0.3 is 0 Å². The number of hydrogen-bond donors (Lipinski definition) is 1. The molecule has 18 nitrogen and oxygen atoms in total. The van der Waals surface area contributed by atoms with E-state index in [1.165, 1.54) is 107 Å². The maximum absolute atomic E-state index is 13.5. The fourth-order valence-corrected chi connectivity index (χ4v) is 9.24. The number of aromatic nitrogens is 11. The van der Waals surface area contributed by atoms with Gasteiger partial charge in [0.1, 0.15) is 12.2 Å². The van der Waals surface area contributed by atoms with Gasteiger partial charge in [0, 0.05) is 70.9 Å². The number of phenolic OH excluding ortho intramolecular Hbond substituents is 1. The lowest BCUT2D eigenvalue weighted by Gasteiger charge is -2.26. The van der Waals surface area contributed by atoms with Crippen LogP contribution < -0.4 is 24.2 Å². The maximum atomic E-state index is 13.5. The Morgan fingerprint density at radius 3 is 1.46 bits per heavy atom. The van der Waals surface area contributed by atoms with Crippen LogP contribution in [-0.2, 0) is 17.7 Å². The molecule has 4 fully saturated rings. The number of hydrogen-bond acceptors (Lipinski definition) is 17. The number of benzene rings is 3. The molecule has 0 radical (unpaired) electrons. The minimum Gasteiger partial charge on any atom is -0.505 e. The minimum atomic E-state index is -0.576. The number of anilines is 3. The zero-order chi connectivity index (χ0) is 56.4. The molecule has 0 aliphatic carbocycles. The van der Waals surface area contributed by atoms with Gasteiger partial charge in [0.05, 0.1) is 48.1 Å². The number of piperidine rings is 3. The van der Waals surface area contributed by atoms with Crippen molar-refractivity contribution in [2.75, 3.05) is 60.6 Å².